The zero-order valence-corrected chi connectivity index (χ0v) is 11.3. The van der Waals surface area contributed by atoms with E-state index in [-0.39, 0.29) is 6.23 Å². The first kappa shape index (κ1) is 13.2. The summed E-state index contributed by atoms with van der Waals surface area (Å²) in [4.78, 5) is 4.76. The monoisotopic (exact) mass is 249 g/mol. The summed E-state index contributed by atoms with van der Waals surface area (Å²) in [6.45, 7) is 9.07. The van der Waals surface area contributed by atoms with E-state index >= 15 is 0 Å². The van der Waals surface area contributed by atoms with Gasteiger partial charge < -0.3 is 15.4 Å². The van der Waals surface area contributed by atoms with Crippen LogP contribution in [-0.4, -0.2) is 43.9 Å². The van der Waals surface area contributed by atoms with Gasteiger partial charge in [0.2, 0.25) is 0 Å². The highest BCUT2D eigenvalue weighted by atomic mass is 16.5. The quantitative estimate of drug-likeness (QED) is 0.826. The molecule has 0 saturated carbocycles. The molecule has 0 amide bonds. The van der Waals surface area contributed by atoms with Gasteiger partial charge in [0.25, 0.3) is 0 Å². The van der Waals surface area contributed by atoms with Crippen LogP contribution in [0.2, 0.25) is 0 Å². The fourth-order valence-electron chi connectivity index (χ4n) is 2.41. The van der Waals surface area contributed by atoms with Crippen molar-refractivity contribution in [3.63, 3.8) is 0 Å². The van der Waals surface area contributed by atoms with Gasteiger partial charge in [-0.1, -0.05) is 6.07 Å². The smallest absolute Gasteiger partial charge is 0.107 e. The average Bonchev–Trinajstić information content (AvgIpc) is 2.39. The van der Waals surface area contributed by atoms with Crippen molar-refractivity contribution in [2.24, 2.45) is 0 Å². The van der Waals surface area contributed by atoms with Crippen LogP contribution in [0, 0.1) is 0 Å². The van der Waals surface area contributed by atoms with Crippen LogP contribution in [0.4, 0.5) is 11.4 Å². The van der Waals surface area contributed by atoms with Gasteiger partial charge in [-0.05, 0) is 32.0 Å². The summed E-state index contributed by atoms with van der Waals surface area (Å²) in [5, 5.41) is 0. The maximum Gasteiger partial charge on any atom is 0.107 e. The van der Waals surface area contributed by atoms with Gasteiger partial charge in [0, 0.05) is 44.2 Å². The molecule has 1 unspecified atom stereocenters. The average molecular weight is 249 g/mol. The van der Waals surface area contributed by atoms with E-state index in [4.69, 9.17) is 10.5 Å². The number of nitrogen functional groups attached to an aromatic ring is 1. The van der Waals surface area contributed by atoms with Crippen LogP contribution < -0.4 is 10.6 Å². The summed E-state index contributed by atoms with van der Waals surface area (Å²) in [6, 6.07) is 8.11. The lowest BCUT2D eigenvalue weighted by atomic mass is 10.2. The van der Waals surface area contributed by atoms with Crippen molar-refractivity contribution in [2.45, 2.75) is 20.1 Å². The highest BCUT2D eigenvalue weighted by molar-refractivity contribution is 5.56. The second-order valence-corrected chi connectivity index (χ2v) is 4.67. The standard InChI is InChI=1S/C14H23N3O/c1-3-18-12(2)16-7-9-17(10-8-16)14-6-4-5-13(15)11-14/h4-6,11-12H,3,7-10,15H2,1-2H3. The lowest BCUT2D eigenvalue weighted by Crippen LogP contribution is -2.50. The summed E-state index contributed by atoms with van der Waals surface area (Å²) in [6.07, 6.45) is 0.220. The van der Waals surface area contributed by atoms with Crippen LogP contribution in [0.25, 0.3) is 0 Å². The zero-order valence-electron chi connectivity index (χ0n) is 11.3. The Bertz CT molecular complexity index is 375. The molecule has 1 aliphatic heterocycles. The van der Waals surface area contributed by atoms with Gasteiger partial charge in [0.05, 0.1) is 0 Å². The lowest BCUT2D eigenvalue weighted by molar-refractivity contribution is -0.0440. The maximum atomic E-state index is 5.82. The highest BCUT2D eigenvalue weighted by Gasteiger charge is 2.21. The van der Waals surface area contributed by atoms with Gasteiger partial charge in [-0.15, -0.1) is 0 Å². The minimum absolute atomic E-state index is 0.220. The number of ether oxygens (including phenoxy) is 1. The molecule has 0 bridgehead atoms. The summed E-state index contributed by atoms with van der Waals surface area (Å²) >= 11 is 0. The van der Waals surface area contributed by atoms with Gasteiger partial charge in [0.15, 0.2) is 0 Å². The van der Waals surface area contributed by atoms with Crippen LogP contribution in [0.15, 0.2) is 24.3 Å². The summed E-state index contributed by atoms with van der Waals surface area (Å²) < 4.78 is 5.63. The lowest BCUT2D eigenvalue weighted by Gasteiger charge is -2.38. The van der Waals surface area contributed by atoms with Crippen molar-refractivity contribution in [3.05, 3.63) is 24.3 Å². The van der Waals surface area contributed by atoms with Gasteiger partial charge >= 0.3 is 0 Å². The molecule has 100 valence electrons. The number of hydrogen-bond donors (Lipinski definition) is 1. The predicted octanol–water partition coefficient (Wildman–Crippen LogP) is 1.77. The molecule has 1 fully saturated rings. The highest BCUT2D eigenvalue weighted by Crippen LogP contribution is 2.19. The normalized spacial score (nSPS) is 18.9. The largest absolute Gasteiger partial charge is 0.399 e. The third-order valence-corrected chi connectivity index (χ3v) is 3.47. The Balaban J connectivity index is 1.90. The second-order valence-electron chi connectivity index (χ2n) is 4.67. The fourth-order valence-corrected chi connectivity index (χ4v) is 2.41. The van der Waals surface area contributed by atoms with E-state index in [1.165, 1.54) is 5.69 Å². The van der Waals surface area contributed by atoms with Crippen molar-refractivity contribution >= 4 is 11.4 Å². The van der Waals surface area contributed by atoms with Crippen molar-refractivity contribution in [1.29, 1.82) is 0 Å². The molecule has 18 heavy (non-hydrogen) atoms. The van der Waals surface area contributed by atoms with E-state index in [0.29, 0.717) is 0 Å². The topological polar surface area (TPSA) is 41.7 Å². The van der Waals surface area contributed by atoms with Gasteiger partial charge in [-0.3, -0.25) is 4.90 Å². The van der Waals surface area contributed by atoms with Crippen molar-refractivity contribution in [3.8, 4) is 0 Å². The van der Waals surface area contributed by atoms with E-state index in [1.807, 2.05) is 25.1 Å². The molecule has 4 nitrogen and oxygen atoms in total. The number of anilines is 2. The molecule has 1 saturated heterocycles. The molecule has 1 aromatic rings. The molecule has 0 spiro atoms. The molecule has 1 aromatic carbocycles. The number of rotatable bonds is 4. The molecule has 4 heteroatoms. The third kappa shape index (κ3) is 3.15. The van der Waals surface area contributed by atoms with E-state index in [2.05, 4.69) is 22.8 Å². The summed E-state index contributed by atoms with van der Waals surface area (Å²) in [5.74, 6) is 0. The third-order valence-electron chi connectivity index (χ3n) is 3.47. The SMILES string of the molecule is CCOC(C)N1CCN(c2cccc(N)c2)CC1. The van der Waals surface area contributed by atoms with Crippen LogP contribution in [0.3, 0.4) is 0 Å². The molecule has 0 aromatic heterocycles. The molecular formula is C14H23N3O. The maximum absolute atomic E-state index is 5.82. The number of hydrogen-bond acceptors (Lipinski definition) is 4. The zero-order chi connectivity index (χ0) is 13.0. The van der Waals surface area contributed by atoms with E-state index < -0.39 is 0 Å². The number of piperazine rings is 1. The molecule has 0 aliphatic carbocycles. The molecule has 0 radical (unpaired) electrons. The van der Waals surface area contributed by atoms with Crippen LogP contribution in [0.5, 0.6) is 0 Å². The Morgan fingerprint density at radius 2 is 2.00 bits per heavy atom. The Morgan fingerprint density at radius 1 is 1.28 bits per heavy atom. The summed E-state index contributed by atoms with van der Waals surface area (Å²) in [5.41, 5.74) is 7.88. The molecule has 1 heterocycles. The minimum atomic E-state index is 0.220. The molecular weight excluding hydrogens is 226 g/mol. The first-order valence-corrected chi connectivity index (χ1v) is 6.67. The molecule has 2 N–H and O–H groups in total. The first-order valence-electron chi connectivity index (χ1n) is 6.67. The number of benzene rings is 1. The van der Waals surface area contributed by atoms with E-state index in [9.17, 15) is 0 Å². The van der Waals surface area contributed by atoms with Gasteiger partial charge in [-0.25, -0.2) is 0 Å². The Labute approximate surface area is 109 Å². The first-order chi connectivity index (χ1) is 8.70. The molecule has 1 atom stereocenters. The second kappa shape index (κ2) is 6.07. The van der Waals surface area contributed by atoms with Crippen molar-refractivity contribution < 1.29 is 4.74 Å². The predicted molar refractivity (Wildman–Crippen MR) is 75.7 cm³/mol. The van der Waals surface area contributed by atoms with Gasteiger partial charge in [-0.2, -0.15) is 0 Å². The van der Waals surface area contributed by atoms with Crippen LogP contribution in [0.1, 0.15) is 13.8 Å². The number of nitrogens with two attached hydrogens (primary N) is 1. The Hall–Kier alpha value is -1.26. The molecule has 2 rings (SSSR count). The summed E-state index contributed by atoms with van der Waals surface area (Å²) in [7, 11) is 0. The number of nitrogens with zero attached hydrogens (tertiary/aromatic N) is 2. The van der Waals surface area contributed by atoms with E-state index in [1.54, 1.807) is 0 Å². The Morgan fingerprint density at radius 3 is 2.61 bits per heavy atom. The van der Waals surface area contributed by atoms with Gasteiger partial charge in [0.1, 0.15) is 6.23 Å². The fraction of sp³-hybridized carbons (Fsp3) is 0.571. The van der Waals surface area contributed by atoms with Crippen LogP contribution in [-0.2, 0) is 4.74 Å². The minimum Gasteiger partial charge on any atom is -0.399 e. The molecule has 1 aliphatic rings. The van der Waals surface area contributed by atoms with Crippen molar-refractivity contribution in [2.75, 3.05) is 43.4 Å². The Kier molecular flexibility index (Phi) is 4.44. The van der Waals surface area contributed by atoms with E-state index in [0.717, 1.165) is 38.5 Å². The van der Waals surface area contributed by atoms with Crippen molar-refractivity contribution in [1.82, 2.24) is 4.90 Å². The van der Waals surface area contributed by atoms with Crippen LogP contribution >= 0.6 is 0 Å².